The van der Waals surface area contributed by atoms with E-state index in [0.717, 1.165) is 5.69 Å². The lowest BCUT2D eigenvalue weighted by Crippen LogP contribution is -2.30. The van der Waals surface area contributed by atoms with E-state index in [1.807, 2.05) is 0 Å². The molecule has 5 heteroatoms. The number of hydrogen-bond acceptors (Lipinski definition) is 4. The number of hydrogen-bond donors (Lipinski definition) is 0. The molecule has 0 fully saturated rings. The van der Waals surface area contributed by atoms with Crippen LogP contribution in [0.1, 0.15) is 11.4 Å². The zero-order valence-electron chi connectivity index (χ0n) is 9.69. The van der Waals surface area contributed by atoms with E-state index < -0.39 is 0 Å². The van der Waals surface area contributed by atoms with Crippen molar-refractivity contribution < 1.29 is 14.6 Å². The molecule has 16 heavy (non-hydrogen) atoms. The van der Waals surface area contributed by atoms with Gasteiger partial charge in [-0.25, -0.2) is 0 Å². The molecule has 1 aromatic heterocycles. The van der Waals surface area contributed by atoms with Crippen molar-refractivity contribution in [2.45, 2.75) is 13.5 Å². The van der Waals surface area contributed by atoms with Crippen LogP contribution in [0.5, 0.6) is 5.75 Å². The first-order chi connectivity index (χ1) is 7.54. The molecule has 5 nitrogen and oxygen atoms in total. The fourth-order valence-corrected chi connectivity index (χ4v) is 1.26. The molecular weight excluding hydrogens is 208 g/mol. The third-order valence-electron chi connectivity index (χ3n) is 2.15. The van der Waals surface area contributed by atoms with Crippen LogP contribution in [0, 0.1) is 6.92 Å². The van der Waals surface area contributed by atoms with Gasteiger partial charge >= 0.3 is 0 Å². The lowest BCUT2D eigenvalue weighted by molar-refractivity contribution is -0.270. The van der Waals surface area contributed by atoms with Crippen molar-refractivity contribution in [2.75, 3.05) is 20.8 Å². The molecule has 0 aliphatic carbocycles. The van der Waals surface area contributed by atoms with E-state index >= 15 is 0 Å². The molecule has 1 amide bonds. The Hall–Kier alpha value is -1.62. The number of carbonyl (C=O) groups is 1. The second-order valence-corrected chi connectivity index (χ2v) is 3.58. The van der Waals surface area contributed by atoms with Gasteiger partial charge in [0.15, 0.2) is 0 Å². The number of aryl methyl sites for hydroxylation is 1. The van der Waals surface area contributed by atoms with Gasteiger partial charge < -0.3 is 14.7 Å². The van der Waals surface area contributed by atoms with E-state index in [4.69, 9.17) is 4.74 Å². The van der Waals surface area contributed by atoms with Gasteiger partial charge in [-0.1, -0.05) is 11.8 Å². The van der Waals surface area contributed by atoms with E-state index in [-0.39, 0.29) is 24.8 Å². The Labute approximate surface area is 94.7 Å². The van der Waals surface area contributed by atoms with Crippen molar-refractivity contribution in [1.82, 2.24) is 9.88 Å². The van der Waals surface area contributed by atoms with Crippen LogP contribution in [0.3, 0.4) is 0 Å². The fraction of sp³-hybridized carbons (Fsp3) is 0.455. The molecule has 0 radical (unpaired) electrons. The van der Waals surface area contributed by atoms with Gasteiger partial charge in [0.1, 0.15) is 6.61 Å². The maximum atomic E-state index is 11.5. The van der Waals surface area contributed by atoms with Gasteiger partial charge in [-0.3, -0.25) is 9.78 Å². The van der Waals surface area contributed by atoms with Gasteiger partial charge in [0.05, 0.1) is 12.2 Å². The minimum Gasteiger partial charge on any atom is -0.871 e. The van der Waals surface area contributed by atoms with Crippen LogP contribution in [0.15, 0.2) is 12.1 Å². The van der Waals surface area contributed by atoms with Gasteiger partial charge in [-0.05, 0) is 13.0 Å². The van der Waals surface area contributed by atoms with Crippen molar-refractivity contribution in [3.8, 4) is 5.75 Å². The molecule has 0 aromatic carbocycles. The minimum absolute atomic E-state index is 0.0104. The van der Waals surface area contributed by atoms with Crippen LogP contribution in [-0.2, 0) is 16.1 Å². The van der Waals surface area contributed by atoms with Gasteiger partial charge in [0.2, 0.25) is 5.91 Å². The highest BCUT2D eigenvalue weighted by Crippen LogP contribution is 2.13. The number of carbonyl (C=O) groups excluding carboxylic acids is 1. The topological polar surface area (TPSA) is 65.5 Å². The molecule has 1 heterocycles. The Morgan fingerprint density at radius 1 is 1.56 bits per heavy atom. The van der Waals surface area contributed by atoms with E-state index in [1.54, 1.807) is 20.0 Å². The maximum absolute atomic E-state index is 11.5. The predicted octanol–water partition coefficient (Wildman–Crippen LogP) is 0.0684. The van der Waals surface area contributed by atoms with Gasteiger partial charge in [0, 0.05) is 19.9 Å². The zero-order valence-corrected chi connectivity index (χ0v) is 9.69. The Bertz CT molecular complexity index is 379. The first-order valence-corrected chi connectivity index (χ1v) is 4.91. The number of aromatic nitrogens is 1. The van der Waals surface area contributed by atoms with Gasteiger partial charge in [-0.15, -0.1) is 0 Å². The summed E-state index contributed by atoms with van der Waals surface area (Å²) in [7, 11) is 3.07. The molecule has 88 valence electrons. The number of rotatable bonds is 4. The van der Waals surface area contributed by atoms with Gasteiger partial charge in [0.25, 0.3) is 0 Å². The number of methoxy groups -OCH3 is 1. The number of amides is 1. The second kappa shape index (κ2) is 5.46. The Balaban J connectivity index is 2.72. The molecule has 0 N–H and O–H groups in total. The maximum Gasteiger partial charge on any atom is 0.248 e. The molecule has 0 spiro atoms. The molecule has 0 aliphatic heterocycles. The lowest BCUT2D eigenvalue weighted by Gasteiger charge is -2.20. The second-order valence-electron chi connectivity index (χ2n) is 3.58. The Morgan fingerprint density at radius 2 is 2.25 bits per heavy atom. The molecule has 1 rings (SSSR count). The highest BCUT2D eigenvalue weighted by atomic mass is 16.5. The summed E-state index contributed by atoms with van der Waals surface area (Å²) in [5.74, 6) is -0.326. The standard InChI is InChI=1S/C11H16N2O3/c1-8-4-5-10(14)9(12-8)6-13(2)11(15)7-16-3/h4-5,14H,6-7H2,1-3H3/p-1. The SMILES string of the molecule is COCC(=O)N(C)Cc1nc(C)ccc1[O-]. The molecule has 0 atom stereocenters. The fourth-order valence-electron chi connectivity index (χ4n) is 1.26. The first kappa shape index (κ1) is 12.4. The molecule has 0 saturated heterocycles. The van der Waals surface area contributed by atoms with E-state index in [9.17, 15) is 9.90 Å². The Kier molecular flexibility index (Phi) is 4.25. The normalized spacial score (nSPS) is 10.2. The largest absolute Gasteiger partial charge is 0.871 e. The third-order valence-corrected chi connectivity index (χ3v) is 2.15. The molecular formula is C11H15N2O3-. The highest BCUT2D eigenvalue weighted by Gasteiger charge is 2.09. The van der Waals surface area contributed by atoms with Crippen LogP contribution in [0.2, 0.25) is 0 Å². The lowest BCUT2D eigenvalue weighted by atomic mass is 10.2. The highest BCUT2D eigenvalue weighted by molar-refractivity contribution is 5.77. The summed E-state index contributed by atoms with van der Waals surface area (Å²) < 4.78 is 4.73. The molecule has 0 saturated carbocycles. The summed E-state index contributed by atoms with van der Waals surface area (Å²) >= 11 is 0. The van der Waals surface area contributed by atoms with Gasteiger partial charge in [-0.2, -0.15) is 0 Å². The third kappa shape index (κ3) is 3.20. The monoisotopic (exact) mass is 223 g/mol. The number of ether oxygens (including phenoxy) is 1. The van der Waals surface area contributed by atoms with Crippen molar-refractivity contribution in [3.05, 3.63) is 23.5 Å². The smallest absolute Gasteiger partial charge is 0.248 e. The summed E-state index contributed by atoms with van der Waals surface area (Å²) in [6.07, 6.45) is 0. The van der Waals surface area contributed by atoms with Crippen molar-refractivity contribution in [1.29, 1.82) is 0 Å². The molecule has 0 aliphatic rings. The average molecular weight is 223 g/mol. The summed E-state index contributed by atoms with van der Waals surface area (Å²) in [6.45, 7) is 2.03. The summed E-state index contributed by atoms with van der Waals surface area (Å²) in [4.78, 5) is 16.9. The minimum atomic E-state index is -0.176. The van der Waals surface area contributed by atoms with Crippen molar-refractivity contribution in [2.24, 2.45) is 0 Å². The molecule has 0 bridgehead atoms. The summed E-state index contributed by atoms with van der Waals surface area (Å²) in [6, 6.07) is 3.12. The predicted molar refractivity (Wildman–Crippen MR) is 56.8 cm³/mol. The van der Waals surface area contributed by atoms with Crippen LogP contribution < -0.4 is 5.11 Å². The summed E-state index contributed by atoms with van der Waals surface area (Å²) in [5, 5.41) is 11.5. The summed E-state index contributed by atoms with van der Waals surface area (Å²) in [5.41, 5.74) is 1.15. The Morgan fingerprint density at radius 3 is 2.88 bits per heavy atom. The molecule has 1 aromatic rings. The average Bonchev–Trinajstić information content (AvgIpc) is 2.23. The zero-order chi connectivity index (χ0) is 12.1. The van der Waals surface area contributed by atoms with E-state index in [1.165, 1.54) is 18.1 Å². The van der Waals surface area contributed by atoms with E-state index in [2.05, 4.69) is 4.98 Å². The van der Waals surface area contributed by atoms with E-state index in [0.29, 0.717) is 5.69 Å². The number of likely N-dealkylation sites (N-methyl/N-ethyl adjacent to an activating group) is 1. The first-order valence-electron chi connectivity index (χ1n) is 4.91. The van der Waals surface area contributed by atoms with Crippen LogP contribution in [0.25, 0.3) is 0 Å². The molecule has 0 unspecified atom stereocenters. The van der Waals surface area contributed by atoms with Crippen LogP contribution >= 0.6 is 0 Å². The number of pyridine rings is 1. The number of nitrogens with zero attached hydrogens (tertiary/aromatic N) is 2. The van der Waals surface area contributed by atoms with Crippen molar-refractivity contribution in [3.63, 3.8) is 0 Å². The van der Waals surface area contributed by atoms with Crippen molar-refractivity contribution >= 4 is 5.91 Å². The van der Waals surface area contributed by atoms with Crippen LogP contribution in [0.4, 0.5) is 0 Å². The van der Waals surface area contributed by atoms with Crippen LogP contribution in [-0.4, -0.2) is 36.6 Å². The quantitative estimate of drug-likeness (QED) is 0.724.